The molecule has 0 unspecified atom stereocenters. The number of amides is 1. The van der Waals surface area contributed by atoms with E-state index in [1.54, 1.807) is 18.3 Å². The van der Waals surface area contributed by atoms with Crippen molar-refractivity contribution in [2.45, 2.75) is 13.8 Å². The van der Waals surface area contributed by atoms with Crippen LogP contribution in [0, 0.1) is 13.8 Å². The zero-order valence-electron chi connectivity index (χ0n) is 12.4. The Morgan fingerprint density at radius 1 is 1.14 bits per heavy atom. The average Bonchev–Trinajstić information content (AvgIpc) is 2.50. The third kappa shape index (κ3) is 2.61. The molecule has 2 aromatic heterocycles. The number of benzene rings is 1. The van der Waals surface area contributed by atoms with Crippen molar-refractivity contribution in [1.29, 1.82) is 0 Å². The minimum atomic E-state index is -0.279. The average molecular weight is 292 g/mol. The molecular weight excluding hydrogens is 276 g/mol. The van der Waals surface area contributed by atoms with Crippen LogP contribution in [-0.2, 0) is 0 Å². The topological polar surface area (TPSA) is 80.9 Å². The molecule has 0 atom stereocenters. The molecule has 22 heavy (non-hydrogen) atoms. The van der Waals surface area contributed by atoms with Crippen LogP contribution in [0.25, 0.3) is 11.0 Å². The Hall–Kier alpha value is -2.95. The predicted molar refractivity (Wildman–Crippen MR) is 87.8 cm³/mol. The number of nitrogens with two attached hydrogens (primary N) is 1. The van der Waals surface area contributed by atoms with Crippen LogP contribution in [0.2, 0.25) is 0 Å². The fourth-order valence-corrected chi connectivity index (χ4v) is 2.22. The SMILES string of the molecule is Cc1ccc(NC(=O)c2cc3cccnc3nc2N)cc1C. The van der Waals surface area contributed by atoms with Gasteiger partial charge >= 0.3 is 0 Å². The number of rotatable bonds is 2. The summed E-state index contributed by atoms with van der Waals surface area (Å²) in [4.78, 5) is 20.7. The van der Waals surface area contributed by atoms with E-state index in [1.165, 1.54) is 5.56 Å². The summed E-state index contributed by atoms with van der Waals surface area (Å²) >= 11 is 0. The summed E-state index contributed by atoms with van der Waals surface area (Å²) < 4.78 is 0. The molecule has 0 aliphatic carbocycles. The van der Waals surface area contributed by atoms with Gasteiger partial charge in [0.1, 0.15) is 5.82 Å². The van der Waals surface area contributed by atoms with Crippen molar-refractivity contribution in [1.82, 2.24) is 9.97 Å². The molecule has 5 nitrogen and oxygen atoms in total. The van der Waals surface area contributed by atoms with Gasteiger partial charge in [0.05, 0.1) is 5.56 Å². The Kier molecular flexibility index (Phi) is 3.47. The summed E-state index contributed by atoms with van der Waals surface area (Å²) in [6.45, 7) is 4.03. The van der Waals surface area contributed by atoms with Gasteiger partial charge in [0.25, 0.3) is 5.91 Å². The first kappa shape index (κ1) is 14.0. The number of pyridine rings is 2. The van der Waals surface area contributed by atoms with Gasteiger partial charge in [-0.1, -0.05) is 6.07 Å². The van der Waals surface area contributed by atoms with Crippen LogP contribution in [-0.4, -0.2) is 15.9 Å². The maximum Gasteiger partial charge on any atom is 0.259 e. The van der Waals surface area contributed by atoms with Gasteiger partial charge in [0.2, 0.25) is 0 Å². The molecule has 1 amide bonds. The zero-order valence-corrected chi connectivity index (χ0v) is 12.4. The maximum atomic E-state index is 12.4. The lowest BCUT2D eigenvalue weighted by atomic mass is 10.1. The number of anilines is 2. The molecule has 110 valence electrons. The van der Waals surface area contributed by atoms with Crippen molar-refractivity contribution >= 4 is 28.4 Å². The third-order valence-electron chi connectivity index (χ3n) is 3.63. The van der Waals surface area contributed by atoms with Gasteiger partial charge in [0, 0.05) is 17.3 Å². The van der Waals surface area contributed by atoms with E-state index < -0.39 is 0 Å². The van der Waals surface area contributed by atoms with Crippen LogP contribution in [0.1, 0.15) is 21.5 Å². The zero-order chi connectivity index (χ0) is 15.7. The van der Waals surface area contributed by atoms with Gasteiger partial charge < -0.3 is 11.1 Å². The minimum absolute atomic E-state index is 0.174. The van der Waals surface area contributed by atoms with E-state index in [1.807, 2.05) is 38.1 Å². The molecule has 0 bridgehead atoms. The van der Waals surface area contributed by atoms with Crippen molar-refractivity contribution in [2.24, 2.45) is 0 Å². The summed E-state index contributed by atoms with van der Waals surface area (Å²) in [5.74, 6) is -0.105. The fraction of sp³-hybridized carbons (Fsp3) is 0.118. The number of nitrogens with one attached hydrogen (secondary N) is 1. The Morgan fingerprint density at radius 2 is 1.95 bits per heavy atom. The highest BCUT2D eigenvalue weighted by atomic mass is 16.1. The fourth-order valence-electron chi connectivity index (χ4n) is 2.22. The van der Waals surface area contributed by atoms with E-state index >= 15 is 0 Å². The largest absolute Gasteiger partial charge is 0.383 e. The number of aryl methyl sites for hydroxylation is 2. The summed E-state index contributed by atoms with van der Waals surface area (Å²) in [5.41, 5.74) is 9.79. The number of hydrogen-bond acceptors (Lipinski definition) is 4. The molecule has 0 fully saturated rings. The van der Waals surface area contributed by atoms with Crippen LogP contribution >= 0.6 is 0 Å². The molecule has 1 aromatic carbocycles. The first-order valence-electron chi connectivity index (χ1n) is 6.94. The molecule has 3 N–H and O–H groups in total. The van der Waals surface area contributed by atoms with Crippen molar-refractivity contribution in [2.75, 3.05) is 11.1 Å². The molecule has 0 spiro atoms. The molecule has 2 heterocycles. The van der Waals surface area contributed by atoms with Crippen LogP contribution in [0.3, 0.4) is 0 Å². The van der Waals surface area contributed by atoms with Crippen LogP contribution in [0.15, 0.2) is 42.6 Å². The van der Waals surface area contributed by atoms with Crippen LogP contribution < -0.4 is 11.1 Å². The van der Waals surface area contributed by atoms with Gasteiger partial charge in [0.15, 0.2) is 5.65 Å². The lowest BCUT2D eigenvalue weighted by Gasteiger charge is -2.09. The smallest absolute Gasteiger partial charge is 0.259 e. The van der Waals surface area contributed by atoms with Crippen LogP contribution in [0.4, 0.5) is 11.5 Å². The molecule has 3 rings (SSSR count). The molecule has 0 saturated carbocycles. The second-order valence-electron chi connectivity index (χ2n) is 5.22. The lowest BCUT2D eigenvalue weighted by molar-refractivity contribution is 0.102. The van der Waals surface area contributed by atoms with Crippen molar-refractivity contribution in [3.63, 3.8) is 0 Å². The highest BCUT2D eigenvalue weighted by molar-refractivity contribution is 6.09. The van der Waals surface area contributed by atoms with E-state index in [4.69, 9.17) is 5.73 Å². The van der Waals surface area contributed by atoms with Crippen molar-refractivity contribution < 1.29 is 4.79 Å². The van der Waals surface area contributed by atoms with E-state index in [-0.39, 0.29) is 11.7 Å². The van der Waals surface area contributed by atoms with Gasteiger partial charge in [-0.15, -0.1) is 0 Å². The van der Waals surface area contributed by atoms with Gasteiger partial charge in [-0.05, 0) is 55.3 Å². The summed E-state index contributed by atoms with van der Waals surface area (Å²) in [6, 6.07) is 11.1. The quantitative estimate of drug-likeness (QED) is 0.760. The number of carbonyl (C=O) groups excluding carboxylic acids is 1. The monoisotopic (exact) mass is 292 g/mol. The standard InChI is InChI=1S/C17H16N4O/c1-10-5-6-13(8-11(10)2)20-17(22)14-9-12-4-3-7-19-16(12)21-15(14)18/h3-9H,1-2H3,(H,20,22)(H2,18,19,21). The first-order valence-corrected chi connectivity index (χ1v) is 6.94. The Balaban J connectivity index is 1.94. The molecule has 0 radical (unpaired) electrons. The highest BCUT2D eigenvalue weighted by Gasteiger charge is 2.13. The minimum Gasteiger partial charge on any atom is -0.383 e. The number of aromatic nitrogens is 2. The van der Waals surface area contributed by atoms with Gasteiger partial charge in [-0.25, -0.2) is 9.97 Å². The van der Waals surface area contributed by atoms with E-state index in [9.17, 15) is 4.79 Å². The Bertz CT molecular complexity index is 874. The molecular formula is C17H16N4O. The molecule has 5 heteroatoms. The Morgan fingerprint density at radius 3 is 2.73 bits per heavy atom. The summed E-state index contributed by atoms with van der Waals surface area (Å²) in [5, 5.41) is 3.63. The number of hydrogen-bond donors (Lipinski definition) is 2. The highest BCUT2D eigenvalue weighted by Crippen LogP contribution is 2.19. The van der Waals surface area contributed by atoms with Crippen molar-refractivity contribution in [3.8, 4) is 0 Å². The van der Waals surface area contributed by atoms with E-state index in [2.05, 4.69) is 15.3 Å². The second kappa shape index (κ2) is 5.44. The lowest BCUT2D eigenvalue weighted by Crippen LogP contribution is -2.15. The Labute approximate surface area is 128 Å². The number of nitrogen functional groups attached to an aromatic ring is 1. The summed E-state index contributed by atoms with van der Waals surface area (Å²) in [6.07, 6.45) is 1.64. The number of fused-ring (bicyclic) bond motifs is 1. The first-order chi connectivity index (χ1) is 10.5. The van der Waals surface area contributed by atoms with E-state index in [0.29, 0.717) is 11.2 Å². The third-order valence-corrected chi connectivity index (χ3v) is 3.63. The predicted octanol–water partition coefficient (Wildman–Crippen LogP) is 3.08. The normalized spacial score (nSPS) is 10.6. The number of nitrogens with zero attached hydrogens (tertiary/aromatic N) is 2. The van der Waals surface area contributed by atoms with Gasteiger partial charge in [-0.2, -0.15) is 0 Å². The van der Waals surface area contributed by atoms with Crippen LogP contribution in [0.5, 0.6) is 0 Å². The maximum absolute atomic E-state index is 12.4. The van der Waals surface area contributed by atoms with Crippen molar-refractivity contribution in [3.05, 3.63) is 59.3 Å². The molecule has 0 aliphatic rings. The summed E-state index contributed by atoms with van der Waals surface area (Å²) in [7, 11) is 0. The molecule has 3 aromatic rings. The van der Waals surface area contributed by atoms with Gasteiger partial charge in [-0.3, -0.25) is 4.79 Å². The number of carbonyl (C=O) groups is 1. The molecule has 0 saturated heterocycles. The second-order valence-corrected chi connectivity index (χ2v) is 5.22. The van der Waals surface area contributed by atoms with E-state index in [0.717, 1.165) is 16.6 Å². The molecule has 0 aliphatic heterocycles.